The van der Waals surface area contributed by atoms with Gasteiger partial charge in [-0.1, -0.05) is 6.07 Å². The predicted molar refractivity (Wildman–Crippen MR) is 185 cm³/mol. The lowest BCUT2D eigenvalue weighted by Gasteiger charge is -2.42. The summed E-state index contributed by atoms with van der Waals surface area (Å²) in [4.78, 5) is 15.9. The summed E-state index contributed by atoms with van der Waals surface area (Å²) < 4.78 is 27.8. The Morgan fingerprint density at radius 3 is 2.52 bits per heavy atom. The summed E-state index contributed by atoms with van der Waals surface area (Å²) in [7, 11) is 0. The number of aromatic nitrogens is 7. The molecule has 1 N–H and O–H groups in total. The molecule has 0 radical (unpaired) electrons. The van der Waals surface area contributed by atoms with Gasteiger partial charge in [-0.25, -0.2) is 19.6 Å². The van der Waals surface area contributed by atoms with Gasteiger partial charge in [0, 0.05) is 49.6 Å². The molecule has 1 unspecified atom stereocenters. The monoisotopic (exact) mass is 682 g/mol. The number of morpholine rings is 1. The lowest BCUT2D eigenvalue weighted by atomic mass is 9.89. The van der Waals surface area contributed by atoms with Gasteiger partial charge >= 0.3 is 0 Å². The Morgan fingerprint density at radius 1 is 1.04 bits per heavy atom. The average molecular weight is 683 g/mol. The average Bonchev–Trinajstić information content (AvgIpc) is 3.91. The first kappa shape index (κ1) is 33.9. The number of hydrogen-bond acceptors (Lipinski definition) is 12. The number of ether oxygens (including phenoxy) is 4. The lowest BCUT2D eigenvalue weighted by molar-refractivity contribution is -0.0852. The van der Waals surface area contributed by atoms with Gasteiger partial charge in [0.1, 0.15) is 36.3 Å². The van der Waals surface area contributed by atoms with Crippen molar-refractivity contribution in [2.24, 2.45) is 5.92 Å². The molecule has 1 aromatic carbocycles. The van der Waals surface area contributed by atoms with Crippen LogP contribution >= 0.6 is 0 Å². The molecule has 50 heavy (non-hydrogen) atoms. The van der Waals surface area contributed by atoms with Crippen LogP contribution in [-0.2, 0) is 16.0 Å². The van der Waals surface area contributed by atoms with Gasteiger partial charge in [-0.2, -0.15) is 10.4 Å². The summed E-state index contributed by atoms with van der Waals surface area (Å²) in [5.41, 5.74) is 2.82. The Balaban J connectivity index is 1.03. The van der Waals surface area contributed by atoms with E-state index in [1.54, 1.807) is 29.5 Å². The number of hydrogen-bond donors (Lipinski definition) is 1. The van der Waals surface area contributed by atoms with Crippen molar-refractivity contribution in [1.82, 2.24) is 39.4 Å². The minimum absolute atomic E-state index is 0.229. The zero-order valence-electron chi connectivity index (χ0n) is 29.0. The smallest absolute Gasteiger partial charge is 0.256 e. The van der Waals surface area contributed by atoms with E-state index in [2.05, 4.69) is 54.9 Å². The quantitative estimate of drug-likeness (QED) is 0.214. The molecule has 1 saturated carbocycles. The highest BCUT2D eigenvalue weighted by atomic mass is 16.5. The molecule has 0 amide bonds. The number of benzene rings is 1. The van der Waals surface area contributed by atoms with Crippen LogP contribution in [0.25, 0.3) is 11.1 Å². The van der Waals surface area contributed by atoms with Gasteiger partial charge in [0.05, 0.1) is 49.8 Å². The molecule has 3 fully saturated rings. The highest BCUT2D eigenvalue weighted by molar-refractivity contribution is 5.67. The molecule has 0 bridgehead atoms. The maximum Gasteiger partial charge on any atom is 0.256 e. The second-order valence-electron chi connectivity index (χ2n) is 13.8. The van der Waals surface area contributed by atoms with Crippen molar-refractivity contribution in [3.63, 3.8) is 0 Å². The predicted octanol–water partition coefficient (Wildman–Crippen LogP) is 5.02. The van der Waals surface area contributed by atoms with Gasteiger partial charge in [0.15, 0.2) is 0 Å². The molecular formula is C36H46N10O4. The van der Waals surface area contributed by atoms with E-state index in [9.17, 15) is 5.26 Å². The van der Waals surface area contributed by atoms with Gasteiger partial charge in [-0.05, 0) is 70.6 Å². The summed E-state index contributed by atoms with van der Waals surface area (Å²) in [5.74, 6) is 1.83. The van der Waals surface area contributed by atoms with Gasteiger partial charge < -0.3 is 24.3 Å². The van der Waals surface area contributed by atoms with Crippen molar-refractivity contribution in [3.05, 3.63) is 55.0 Å². The minimum Gasteiger partial charge on any atom is -0.487 e. The minimum atomic E-state index is -0.229. The summed E-state index contributed by atoms with van der Waals surface area (Å²) in [6.45, 7) is 10.8. The summed E-state index contributed by atoms with van der Waals surface area (Å²) in [6.07, 6.45) is 14.4. The molecule has 14 heteroatoms. The molecule has 3 aliphatic rings. The third-order valence-corrected chi connectivity index (χ3v) is 9.76. The molecule has 5 heterocycles. The molecule has 14 nitrogen and oxygen atoms in total. The topological polar surface area (TPSA) is 150 Å². The molecule has 264 valence electrons. The van der Waals surface area contributed by atoms with Crippen molar-refractivity contribution in [3.8, 4) is 28.8 Å². The second kappa shape index (κ2) is 15.5. The summed E-state index contributed by atoms with van der Waals surface area (Å²) in [6, 6.07) is 8.57. The zero-order valence-corrected chi connectivity index (χ0v) is 29.0. The lowest BCUT2D eigenvalue weighted by Crippen LogP contribution is -2.51. The van der Waals surface area contributed by atoms with E-state index in [0.29, 0.717) is 60.9 Å². The first-order valence-corrected chi connectivity index (χ1v) is 17.7. The van der Waals surface area contributed by atoms with E-state index in [4.69, 9.17) is 24.0 Å². The largest absolute Gasteiger partial charge is 0.487 e. The van der Waals surface area contributed by atoms with E-state index < -0.39 is 0 Å². The Hall–Kier alpha value is -4.58. The van der Waals surface area contributed by atoms with Crippen molar-refractivity contribution in [1.29, 1.82) is 5.26 Å². The Bertz CT molecular complexity index is 1720. The van der Waals surface area contributed by atoms with Crippen LogP contribution in [0.3, 0.4) is 0 Å². The fraction of sp³-hybridized carbons (Fsp3) is 0.556. The summed E-state index contributed by atoms with van der Waals surface area (Å²) in [5, 5.41) is 22.1. The Kier molecular flexibility index (Phi) is 10.5. The van der Waals surface area contributed by atoms with Gasteiger partial charge in [-0.3, -0.25) is 9.58 Å². The van der Waals surface area contributed by atoms with Crippen LogP contribution in [-0.4, -0.2) is 96.7 Å². The van der Waals surface area contributed by atoms with Crippen LogP contribution in [0.4, 0.5) is 11.6 Å². The fourth-order valence-corrected chi connectivity index (χ4v) is 7.27. The van der Waals surface area contributed by atoms with Crippen LogP contribution in [0.5, 0.6) is 11.6 Å². The number of rotatable bonds is 12. The third kappa shape index (κ3) is 8.23. The highest BCUT2D eigenvalue weighted by Gasteiger charge is 2.32. The molecule has 2 aliphatic heterocycles. The van der Waals surface area contributed by atoms with Crippen LogP contribution in [0, 0.1) is 17.2 Å². The molecule has 7 rings (SSSR count). The van der Waals surface area contributed by atoms with E-state index in [1.165, 1.54) is 6.33 Å². The maximum absolute atomic E-state index is 9.70. The van der Waals surface area contributed by atoms with E-state index >= 15 is 0 Å². The molecule has 3 aromatic heterocycles. The SMILES string of the molecule is C[C@@H]1CN([C@H]2CC[C@H](n3cc(Nc4ncc(-c5ccc(C#N)c(O[C@@H](C)Cn6cncn6)c5)cn4)c(OCC4CCOC4)n3)CC2)C[C@H](C)O1. The number of anilines is 2. The maximum atomic E-state index is 9.70. The van der Waals surface area contributed by atoms with E-state index in [1.807, 2.05) is 25.3 Å². The Labute approximate surface area is 292 Å². The highest BCUT2D eigenvalue weighted by Crippen LogP contribution is 2.36. The molecule has 1 aliphatic carbocycles. The third-order valence-electron chi connectivity index (χ3n) is 9.76. The molecule has 2 saturated heterocycles. The van der Waals surface area contributed by atoms with Crippen LogP contribution in [0.1, 0.15) is 64.5 Å². The number of nitrogens with one attached hydrogen (secondary N) is 1. The van der Waals surface area contributed by atoms with Gasteiger partial charge in [0.25, 0.3) is 5.88 Å². The van der Waals surface area contributed by atoms with Crippen molar-refractivity contribution in [2.45, 2.75) is 89.8 Å². The standard InChI is InChI=1S/C36H46N10O4/c1-24-16-44(17-25(2)49-24)31-6-8-32(9-7-31)46-19-33(35(43-46)48-21-27-10-11-47-20-27)42-36-39-14-30(15-40-36)28-4-5-29(13-37)34(12-28)50-26(3)18-45-23-38-22-41-45/h4-5,12,14-15,19,22-27,31-32H,6-11,16-18,20-21H2,1-3H3,(H,39,40,42)/t24-,25+,26-,27?,31-,32-/m0/s1. The number of nitriles is 1. The van der Waals surface area contributed by atoms with Crippen molar-refractivity contribution < 1.29 is 18.9 Å². The fourth-order valence-electron chi connectivity index (χ4n) is 7.27. The zero-order chi connectivity index (χ0) is 34.5. The van der Waals surface area contributed by atoms with E-state index in [-0.39, 0.29) is 18.3 Å². The molecular weight excluding hydrogens is 636 g/mol. The van der Waals surface area contributed by atoms with E-state index in [0.717, 1.165) is 68.6 Å². The number of nitrogens with zero attached hydrogens (tertiary/aromatic N) is 9. The van der Waals surface area contributed by atoms with Crippen molar-refractivity contribution in [2.75, 3.05) is 38.2 Å². The normalized spacial score (nSPS) is 24.8. The van der Waals surface area contributed by atoms with Gasteiger partial charge in [-0.15, -0.1) is 5.10 Å². The Morgan fingerprint density at radius 2 is 1.82 bits per heavy atom. The van der Waals surface area contributed by atoms with Crippen LogP contribution < -0.4 is 14.8 Å². The first-order chi connectivity index (χ1) is 24.4. The second-order valence-corrected chi connectivity index (χ2v) is 13.8. The van der Waals surface area contributed by atoms with Crippen molar-refractivity contribution >= 4 is 11.6 Å². The molecule has 4 atom stereocenters. The summed E-state index contributed by atoms with van der Waals surface area (Å²) >= 11 is 0. The van der Waals surface area contributed by atoms with Gasteiger partial charge in [0.2, 0.25) is 5.95 Å². The molecule has 4 aromatic rings. The van der Waals surface area contributed by atoms with Crippen LogP contribution in [0.2, 0.25) is 0 Å². The molecule has 0 spiro atoms. The van der Waals surface area contributed by atoms with Crippen LogP contribution in [0.15, 0.2) is 49.4 Å². The first-order valence-electron chi connectivity index (χ1n) is 17.7.